The number of rotatable bonds is 10. The highest BCUT2D eigenvalue weighted by atomic mass is 16.7. The summed E-state index contributed by atoms with van der Waals surface area (Å²) in [4.78, 5) is 117. The Kier molecular flexibility index (Phi) is 18.8. The number of nitrogens with one attached hydrogen (secondary N) is 2. The molecule has 0 saturated carbocycles. The number of hydrogen-bond donors (Lipinski definition) is 7. The third-order valence-electron chi connectivity index (χ3n) is 14.8. The molecular formula is C49H82N8O16. The molecule has 5 aliphatic rings. The Morgan fingerprint density at radius 2 is 1.51 bits per heavy atom. The Bertz CT molecular complexity index is 2060. The molecule has 0 aromatic rings. The minimum Gasteiger partial charge on any atom is -0.458 e. The molecule has 5 fully saturated rings. The van der Waals surface area contributed by atoms with Gasteiger partial charge in [0.05, 0.1) is 17.1 Å². The SMILES string of the molecule is CCC1OC(O)(C(C)(O)C(=O)NC2C(=O)N3NCCCC3C(=O)N(O)CC(=O)N3C(CCCN3COC(=O)C(C)(C)C)C(=O)N3CCC(C)(O)C3C(=O)N(O)C(C(C)C)C(=O)OC2C(C)C)CCC1CC(C)C. The number of carbonyl (C=O) groups is 8. The number of aliphatic hydroxyl groups is 3. The lowest BCUT2D eigenvalue weighted by molar-refractivity contribution is -0.329. The van der Waals surface area contributed by atoms with E-state index in [1.807, 2.05) is 20.8 Å². The topological polar surface area (TPSA) is 309 Å². The summed E-state index contributed by atoms with van der Waals surface area (Å²) in [6, 6.07) is -8.83. The van der Waals surface area contributed by atoms with Crippen LogP contribution in [0.2, 0.25) is 0 Å². The molecule has 5 heterocycles. The summed E-state index contributed by atoms with van der Waals surface area (Å²) in [7, 11) is 0. The fourth-order valence-electron chi connectivity index (χ4n) is 10.6. The molecule has 73 heavy (non-hydrogen) atoms. The van der Waals surface area contributed by atoms with Crippen LogP contribution in [0.4, 0.5) is 0 Å². The van der Waals surface area contributed by atoms with Crippen LogP contribution >= 0.6 is 0 Å². The van der Waals surface area contributed by atoms with Gasteiger partial charge < -0.3 is 39.7 Å². The van der Waals surface area contributed by atoms with E-state index in [0.29, 0.717) is 12.8 Å². The molecule has 0 spiro atoms. The predicted molar refractivity (Wildman–Crippen MR) is 256 cm³/mol. The molecule has 5 aliphatic heterocycles. The Morgan fingerprint density at radius 1 is 0.863 bits per heavy atom. The average molecular weight is 1040 g/mol. The lowest BCUT2D eigenvalue weighted by Gasteiger charge is -2.48. The molecule has 0 aromatic heterocycles. The smallest absolute Gasteiger partial charge is 0.332 e. The zero-order chi connectivity index (χ0) is 54.9. The number of hydrogen-bond acceptors (Lipinski definition) is 18. The Morgan fingerprint density at radius 3 is 2.10 bits per heavy atom. The Balaban J connectivity index is 1.64. The van der Waals surface area contributed by atoms with E-state index < -0.39 is 137 Å². The molecule has 5 saturated heterocycles. The summed E-state index contributed by atoms with van der Waals surface area (Å²) in [5.41, 5.74) is -2.94. The van der Waals surface area contributed by atoms with Gasteiger partial charge in [-0.2, -0.15) is 5.01 Å². The molecule has 11 unspecified atom stereocenters. The fraction of sp³-hybridized carbons (Fsp3) is 0.837. The summed E-state index contributed by atoms with van der Waals surface area (Å²) in [5.74, 6) is -12.9. The fourth-order valence-corrected chi connectivity index (χ4v) is 10.6. The Labute approximate surface area is 427 Å². The van der Waals surface area contributed by atoms with Crippen molar-refractivity contribution in [1.29, 1.82) is 0 Å². The summed E-state index contributed by atoms with van der Waals surface area (Å²) in [6.45, 7) is 17.2. The number of hydroxylamine groups is 4. The first kappa shape index (κ1) is 59.3. The van der Waals surface area contributed by atoms with Gasteiger partial charge in [-0.15, -0.1) is 0 Å². The maximum absolute atomic E-state index is 15.2. The zero-order valence-electron chi connectivity index (χ0n) is 44.7. The molecule has 24 heteroatoms. The van der Waals surface area contributed by atoms with Gasteiger partial charge in [0.2, 0.25) is 11.7 Å². The lowest BCUT2D eigenvalue weighted by atomic mass is 9.78. The van der Waals surface area contributed by atoms with Crippen LogP contribution in [0.5, 0.6) is 0 Å². The van der Waals surface area contributed by atoms with Crippen molar-refractivity contribution in [3.8, 4) is 0 Å². The van der Waals surface area contributed by atoms with Crippen molar-refractivity contribution in [1.82, 2.24) is 40.8 Å². The molecule has 7 N–H and O–H groups in total. The quantitative estimate of drug-likeness (QED) is 0.118. The number of carbonyl (C=O) groups excluding carboxylic acids is 8. The number of nitrogens with zero attached hydrogens (tertiary/aromatic N) is 6. The second kappa shape index (κ2) is 23.1. The standard InChI is InChI=1S/C49H82N8O16/c1-13-33-30(24-27(2)3)18-19-49(68,73-33)48(12,67)44(64)51-35-37(29(6)7)72-43(63)36(28(4)5)57(70)42(62)38-47(11,66)20-23-53(38)39(59)32-17-15-22-52(26-71-45(65)46(8,9)10)56(32)34(58)25-54(69)40(60)31-16-14-21-50-55(31)41(35)61/h27-33,35-38,50,66-70H,13-26H2,1-12H3,(H,51,64). The van der Waals surface area contributed by atoms with Crippen molar-refractivity contribution < 1.29 is 78.3 Å². The van der Waals surface area contributed by atoms with Crippen molar-refractivity contribution >= 4 is 47.4 Å². The van der Waals surface area contributed by atoms with Gasteiger partial charge in [0.1, 0.15) is 36.8 Å². The van der Waals surface area contributed by atoms with Crippen molar-refractivity contribution in [2.24, 2.45) is 29.1 Å². The minimum absolute atomic E-state index is 0.00353. The van der Waals surface area contributed by atoms with Crippen molar-refractivity contribution in [2.75, 3.05) is 32.9 Å². The third-order valence-corrected chi connectivity index (χ3v) is 14.8. The Hall–Kier alpha value is -4.56. The number of esters is 2. The van der Waals surface area contributed by atoms with E-state index in [1.165, 1.54) is 39.6 Å². The molecule has 24 nitrogen and oxygen atoms in total. The van der Waals surface area contributed by atoms with Crippen molar-refractivity contribution in [3.63, 3.8) is 0 Å². The number of cyclic esters (lactones) is 1. The van der Waals surface area contributed by atoms with Crippen LogP contribution in [0.15, 0.2) is 0 Å². The summed E-state index contributed by atoms with van der Waals surface area (Å²) in [6.07, 6.45) is -0.743. The monoisotopic (exact) mass is 1040 g/mol. The summed E-state index contributed by atoms with van der Waals surface area (Å²) >= 11 is 0. The first-order valence-electron chi connectivity index (χ1n) is 25.8. The van der Waals surface area contributed by atoms with Crippen LogP contribution in [0.25, 0.3) is 0 Å². The highest BCUT2D eigenvalue weighted by Gasteiger charge is 2.59. The number of ether oxygens (including phenoxy) is 3. The number of fused-ring (bicyclic) bond motifs is 3. The van der Waals surface area contributed by atoms with Crippen LogP contribution in [-0.2, 0) is 52.6 Å². The molecule has 5 rings (SSSR count). The van der Waals surface area contributed by atoms with E-state index in [0.717, 1.165) is 28.3 Å². The van der Waals surface area contributed by atoms with Gasteiger partial charge in [0, 0.05) is 26.1 Å². The van der Waals surface area contributed by atoms with E-state index in [-0.39, 0.29) is 80.1 Å². The molecular weight excluding hydrogens is 957 g/mol. The van der Waals surface area contributed by atoms with Crippen molar-refractivity contribution in [2.45, 2.75) is 200 Å². The average Bonchev–Trinajstić information content (AvgIpc) is 3.64. The molecule has 0 bridgehead atoms. The van der Waals surface area contributed by atoms with E-state index in [4.69, 9.17) is 14.2 Å². The first-order valence-corrected chi connectivity index (χ1v) is 25.8. The van der Waals surface area contributed by atoms with Gasteiger partial charge in [-0.25, -0.2) is 20.3 Å². The van der Waals surface area contributed by atoms with E-state index in [9.17, 15) is 59.3 Å². The van der Waals surface area contributed by atoms with Crippen molar-refractivity contribution in [3.05, 3.63) is 0 Å². The highest BCUT2D eigenvalue weighted by molar-refractivity contribution is 5.97. The second-order valence-electron chi connectivity index (χ2n) is 23.0. The van der Waals surface area contributed by atoms with Gasteiger partial charge in [0.15, 0.2) is 18.4 Å². The zero-order valence-corrected chi connectivity index (χ0v) is 44.7. The van der Waals surface area contributed by atoms with Crippen LogP contribution < -0.4 is 10.7 Å². The molecule has 11 atom stereocenters. The molecule has 414 valence electrons. The van der Waals surface area contributed by atoms with Crippen LogP contribution in [-0.4, -0.2) is 195 Å². The van der Waals surface area contributed by atoms with Gasteiger partial charge in [-0.3, -0.25) is 54.0 Å². The maximum Gasteiger partial charge on any atom is 0.332 e. The summed E-state index contributed by atoms with van der Waals surface area (Å²) < 4.78 is 17.8. The van der Waals surface area contributed by atoms with E-state index in [2.05, 4.69) is 10.7 Å². The number of hydrazine groups is 2. The second-order valence-corrected chi connectivity index (χ2v) is 23.0. The predicted octanol–water partition coefficient (Wildman–Crippen LogP) is 0.806. The van der Waals surface area contributed by atoms with Crippen LogP contribution in [0, 0.1) is 29.1 Å². The highest BCUT2D eigenvalue weighted by Crippen LogP contribution is 2.42. The van der Waals surface area contributed by atoms with E-state index in [1.54, 1.807) is 20.8 Å². The molecule has 6 amide bonds. The van der Waals surface area contributed by atoms with Gasteiger partial charge in [0.25, 0.3) is 29.5 Å². The van der Waals surface area contributed by atoms with Crippen LogP contribution in [0.3, 0.4) is 0 Å². The van der Waals surface area contributed by atoms with Crippen LogP contribution in [0.1, 0.15) is 141 Å². The third kappa shape index (κ3) is 12.6. The first-order chi connectivity index (χ1) is 33.8. The molecule has 0 aliphatic carbocycles. The van der Waals surface area contributed by atoms with Gasteiger partial charge >= 0.3 is 11.9 Å². The molecule has 0 aromatic carbocycles. The lowest BCUT2D eigenvalue weighted by Crippen LogP contribution is -2.70. The normalized spacial score (nSPS) is 33.0. The van der Waals surface area contributed by atoms with Gasteiger partial charge in [-0.1, -0.05) is 48.5 Å². The minimum atomic E-state index is -2.77. The molecule has 0 radical (unpaired) electrons. The number of amides is 6. The van der Waals surface area contributed by atoms with Gasteiger partial charge in [-0.05, 0) is 110 Å². The van der Waals surface area contributed by atoms with E-state index >= 15 is 4.79 Å². The largest absolute Gasteiger partial charge is 0.458 e. The maximum atomic E-state index is 15.2. The summed E-state index contributed by atoms with van der Waals surface area (Å²) in [5, 5.41) is 64.9.